The van der Waals surface area contributed by atoms with Gasteiger partial charge >= 0.3 is 0 Å². The molecular weight excluding hydrogens is 290 g/mol. The monoisotopic (exact) mass is 313 g/mol. The van der Waals surface area contributed by atoms with Gasteiger partial charge in [-0.15, -0.1) is 0 Å². The lowest BCUT2D eigenvalue weighted by Gasteiger charge is -2.18. The summed E-state index contributed by atoms with van der Waals surface area (Å²) in [4.78, 5) is 0. The van der Waals surface area contributed by atoms with E-state index >= 15 is 0 Å². The van der Waals surface area contributed by atoms with Gasteiger partial charge in [0.15, 0.2) is 0 Å². The SMILES string of the molecule is CCc1nn(C)c(CNC2CCC(C)(C)C2)c1Br. The molecule has 0 aromatic carbocycles. The summed E-state index contributed by atoms with van der Waals surface area (Å²) in [7, 11) is 2.03. The van der Waals surface area contributed by atoms with Crippen molar-refractivity contribution in [3.05, 3.63) is 15.9 Å². The maximum absolute atomic E-state index is 4.53. The van der Waals surface area contributed by atoms with Crippen LogP contribution in [0.15, 0.2) is 4.47 Å². The number of halogens is 1. The van der Waals surface area contributed by atoms with Gasteiger partial charge in [-0.3, -0.25) is 4.68 Å². The molecule has 1 aliphatic rings. The van der Waals surface area contributed by atoms with Crippen LogP contribution in [0.5, 0.6) is 0 Å². The molecule has 3 nitrogen and oxygen atoms in total. The van der Waals surface area contributed by atoms with Crippen molar-refractivity contribution in [2.45, 2.75) is 59.0 Å². The Morgan fingerprint density at radius 2 is 2.22 bits per heavy atom. The number of nitrogens with zero attached hydrogens (tertiary/aromatic N) is 2. The molecule has 0 bridgehead atoms. The van der Waals surface area contributed by atoms with Crippen LogP contribution < -0.4 is 5.32 Å². The van der Waals surface area contributed by atoms with Gasteiger partial charge in [-0.05, 0) is 47.0 Å². The van der Waals surface area contributed by atoms with E-state index in [2.05, 4.69) is 47.1 Å². The third-order valence-corrected chi connectivity index (χ3v) is 4.95. The van der Waals surface area contributed by atoms with E-state index in [4.69, 9.17) is 0 Å². The number of aromatic nitrogens is 2. The van der Waals surface area contributed by atoms with Crippen LogP contribution in [0.3, 0.4) is 0 Å². The number of nitrogens with one attached hydrogen (secondary N) is 1. The van der Waals surface area contributed by atoms with Gasteiger partial charge < -0.3 is 5.32 Å². The minimum absolute atomic E-state index is 0.510. The Morgan fingerprint density at radius 3 is 2.72 bits per heavy atom. The molecule has 102 valence electrons. The third-order valence-electron chi connectivity index (χ3n) is 4.03. The van der Waals surface area contributed by atoms with E-state index in [0.29, 0.717) is 11.5 Å². The van der Waals surface area contributed by atoms with E-state index in [1.165, 1.54) is 29.4 Å². The zero-order chi connectivity index (χ0) is 13.3. The van der Waals surface area contributed by atoms with E-state index in [-0.39, 0.29) is 0 Å². The zero-order valence-corrected chi connectivity index (χ0v) is 13.5. The minimum Gasteiger partial charge on any atom is -0.308 e. The summed E-state index contributed by atoms with van der Waals surface area (Å²) in [5.41, 5.74) is 2.92. The highest BCUT2D eigenvalue weighted by molar-refractivity contribution is 9.10. The summed E-state index contributed by atoms with van der Waals surface area (Å²) < 4.78 is 3.17. The van der Waals surface area contributed by atoms with Gasteiger partial charge in [-0.25, -0.2) is 0 Å². The average Bonchev–Trinajstić information content (AvgIpc) is 2.77. The van der Waals surface area contributed by atoms with Gasteiger partial charge in [-0.2, -0.15) is 5.10 Å². The van der Waals surface area contributed by atoms with Crippen molar-refractivity contribution in [3.63, 3.8) is 0 Å². The van der Waals surface area contributed by atoms with Crippen molar-refractivity contribution in [1.82, 2.24) is 15.1 Å². The van der Waals surface area contributed by atoms with Crippen LogP contribution in [0.1, 0.15) is 51.4 Å². The fourth-order valence-corrected chi connectivity index (χ4v) is 3.62. The lowest BCUT2D eigenvalue weighted by Crippen LogP contribution is -2.27. The van der Waals surface area contributed by atoms with Gasteiger partial charge in [0.25, 0.3) is 0 Å². The van der Waals surface area contributed by atoms with Crippen molar-refractivity contribution >= 4 is 15.9 Å². The highest BCUT2D eigenvalue weighted by Crippen LogP contribution is 2.37. The molecule has 0 saturated heterocycles. The van der Waals surface area contributed by atoms with Crippen LogP contribution in [0.4, 0.5) is 0 Å². The number of hydrogen-bond acceptors (Lipinski definition) is 2. The van der Waals surface area contributed by atoms with Gasteiger partial charge in [0.1, 0.15) is 0 Å². The van der Waals surface area contributed by atoms with Crippen LogP contribution in [0.25, 0.3) is 0 Å². The van der Waals surface area contributed by atoms with Crippen molar-refractivity contribution in [1.29, 1.82) is 0 Å². The molecule has 0 spiro atoms. The molecule has 18 heavy (non-hydrogen) atoms. The molecule has 1 fully saturated rings. The molecule has 1 aliphatic carbocycles. The fourth-order valence-electron chi connectivity index (χ4n) is 2.86. The smallest absolute Gasteiger partial charge is 0.0767 e. The highest BCUT2D eigenvalue weighted by Gasteiger charge is 2.30. The molecule has 0 amide bonds. The Bertz CT molecular complexity index is 423. The molecular formula is C14H24BrN3. The maximum Gasteiger partial charge on any atom is 0.0767 e. The average molecular weight is 314 g/mol. The van der Waals surface area contributed by atoms with Crippen LogP contribution in [-0.4, -0.2) is 15.8 Å². The molecule has 1 aromatic heterocycles. The Labute approximate surface area is 118 Å². The normalized spacial score (nSPS) is 22.6. The largest absolute Gasteiger partial charge is 0.308 e. The molecule has 2 rings (SSSR count). The molecule has 1 unspecified atom stereocenters. The summed E-state index contributed by atoms with van der Waals surface area (Å²) in [5.74, 6) is 0. The predicted octanol–water partition coefficient (Wildman–Crippen LogP) is 3.41. The summed E-state index contributed by atoms with van der Waals surface area (Å²) >= 11 is 3.67. The van der Waals surface area contributed by atoms with Crippen LogP contribution >= 0.6 is 15.9 Å². The molecule has 1 heterocycles. The van der Waals surface area contributed by atoms with Crippen LogP contribution in [0.2, 0.25) is 0 Å². The number of aryl methyl sites for hydroxylation is 2. The first-order chi connectivity index (χ1) is 8.43. The van der Waals surface area contributed by atoms with Crippen molar-refractivity contribution < 1.29 is 0 Å². The summed E-state index contributed by atoms with van der Waals surface area (Å²) in [6.07, 6.45) is 4.88. The van der Waals surface area contributed by atoms with Crippen molar-refractivity contribution in [2.75, 3.05) is 0 Å². The Kier molecular flexibility index (Phi) is 4.17. The van der Waals surface area contributed by atoms with Gasteiger partial charge in [-0.1, -0.05) is 20.8 Å². The second-order valence-electron chi connectivity index (χ2n) is 6.17. The number of rotatable bonds is 4. The van der Waals surface area contributed by atoms with Crippen molar-refractivity contribution in [2.24, 2.45) is 12.5 Å². The lowest BCUT2D eigenvalue weighted by molar-refractivity contribution is 0.363. The Balaban J connectivity index is 1.97. The van der Waals surface area contributed by atoms with Gasteiger partial charge in [0.05, 0.1) is 15.9 Å². The maximum atomic E-state index is 4.53. The van der Waals surface area contributed by atoms with E-state index < -0.39 is 0 Å². The molecule has 1 saturated carbocycles. The highest BCUT2D eigenvalue weighted by atomic mass is 79.9. The fraction of sp³-hybridized carbons (Fsp3) is 0.786. The van der Waals surface area contributed by atoms with Crippen LogP contribution in [0, 0.1) is 5.41 Å². The minimum atomic E-state index is 0.510. The zero-order valence-electron chi connectivity index (χ0n) is 11.9. The molecule has 1 aromatic rings. The summed E-state index contributed by atoms with van der Waals surface area (Å²) in [6, 6.07) is 0.659. The quantitative estimate of drug-likeness (QED) is 0.923. The van der Waals surface area contributed by atoms with Crippen LogP contribution in [-0.2, 0) is 20.0 Å². The summed E-state index contributed by atoms with van der Waals surface area (Å²) in [5, 5.41) is 8.21. The van der Waals surface area contributed by atoms with E-state index in [1.807, 2.05) is 11.7 Å². The summed E-state index contributed by atoms with van der Waals surface area (Å²) in [6.45, 7) is 7.78. The topological polar surface area (TPSA) is 29.9 Å². The third kappa shape index (κ3) is 2.97. The molecule has 0 radical (unpaired) electrons. The Morgan fingerprint density at radius 1 is 1.50 bits per heavy atom. The standard InChI is InChI=1S/C14H24BrN3/c1-5-11-13(15)12(18(4)17-11)9-16-10-6-7-14(2,3)8-10/h10,16H,5-9H2,1-4H3. The van der Waals surface area contributed by atoms with E-state index in [1.54, 1.807) is 0 Å². The lowest BCUT2D eigenvalue weighted by atomic mass is 9.92. The molecule has 1 N–H and O–H groups in total. The van der Waals surface area contributed by atoms with Gasteiger partial charge in [0, 0.05) is 19.6 Å². The molecule has 1 atom stereocenters. The van der Waals surface area contributed by atoms with E-state index in [9.17, 15) is 0 Å². The molecule has 0 aliphatic heterocycles. The second-order valence-corrected chi connectivity index (χ2v) is 6.96. The van der Waals surface area contributed by atoms with Gasteiger partial charge in [0.2, 0.25) is 0 Å². The molecule has 4 heteroatoms. The number of hydrogen-bond donors (Lipinski definition) is 1. The second kappa shape index (κ2) is 5.33. The van der Waals surface area contributed by atoms with Crippen molar-refractivity contribution in [3.8, 4) is 0 Å². The van der Waals surface area contributed by atoms with E-state index in [0.717, 1.165) is 18.7 Å². The predicted molar refractivity (Wildman–Crippen MR) is 78.5 cm³/mol. The first kappa shape index (κ1) is 14.1. The Hall–Kier alpha value is -0.350. The first-order valence-corrected chi connectivity index (χ1v) is 7.66. The first-order valence-electron chi connectivity index (χ1n) is 6.86.